The Labute approximate surface area is 75.5 Å². The molecule has 1 aliphatic rings. The topological polar surface area (TPSA) is 20.2 Å². The molecule has 3 unspecified atom stereocenters. The molecular formula is C11H20O. The molecule has 12 heavy (non-hydrogen) atoms. The van der Waals surface area contributed by atoms with Crippen molar-refractivity contribution in [2.45, 2.75) is 46.1 Å². The van der Waals surface area contributed by atoms with Crippen molar-refractivity contribution in [3.63, 3.8) is 0 Å². The van der Waals surface area contributed by atoms with Gasteiger partial charge in [-0.2, -0.15) is 0 Å². The molecule has 70 valence electrons. The summed E-state index contributed by atoms with van der Waals surface area (Å²) < 4.78 is 0. The van der Waals surface area contributed by atoms with Gasteiger partial charge in [0.25, 0.3) is 0 Å². The van der Waals surface area contributed by atoms with Crippen LogP contribution >= 0.6 is 0 Å². The molecule has 0 bridgehead atoms. The van der Waals surface area contributed by atoms with Crippen LogP contribution in [0.4, 0.5) is 0 Å². The van der Waals surface area contributed by atoms with Crippen molar-refractivity contribution in [2.75, 3.05) is 0 Å². The van der Waals surface area contributed by atoms with Gasteiger partial charge in [0, 0.05) is 5.92 Å². The van der Waals surface area contributed by atoms with Crippen LogP contribution in [0, 0.1) is 11.8 Å². The monoisotopic (exact) mass is 168 g/mol. The Kier molecular flexibility index (Phi) is 3.33. The maximum Gasteiger partial charge on any atom is 0.0605 e. The molecule has 0 aromatic heterocycles. The molecule has 1 rings (SSSR count). The van der Waals surface area contributed by atoms with Crippen LogP contribution in [-0.2, 0) is 0 Å². The Morgan fingerprint density at radius 2 is 2.00 bits per heavy atom. The lowest BCUT2D eigenvalue weighted by molar-refractivity contribution is 0.0701. The highest BCUT2D eigenvalue weighted by Crippen LogP contribution is 2.30. The highest BCUT2D eigenvalue weighted by Gasteiger charge is 2.24. The minimum Gasteiger partial charge on any atom is -0.393 e. The molecule has 0 saturated heterocycles. The summed E-state index contributed by atoms with van der Waals surface area (Å²) in [5, 5.41) is 9.74. The fourth-order valence-electron chi connectivity index (χ4n) is 2.00. The summed E-state index contributed by atoms with van der Waals surface area (Å²) in [4.78, 5) is 0. The zero-order chi connectivity index (χ0) is 9.14. The summed E-state index contributed by atoms with van der Waals surface area (Å²) in [7, 11) is 0. The Hall–Kier alpha value is -0.300. The van der Waals surface area contributed by atoms with E-state index in [0.29, 0.717) is 11.8 Å². The van der Waals surface area contributed by atoms with Crippen molar-refractivity contribution < 1.29 is 5.11 Å². The third kappa shape index (κ3) is 2.63. The fraction of sp³-hybridized carbons (Fsp3) is 0.818. The predicted molar refractivity (Wildman–Crippen MR) is 51.9 cm³/mol. The average molecular weight is 168 g/mol. The molecule has 0 aromatic carbocycles. The van der Waals surface area contributed by atoms with E-state index >= 15 is 0 Å². The number of aliphatic hydroxyl groups excluding tert-OH is 1. The summed E-state index contributed by atoms with van der Waals surface area (Å²) in [6.07, 6.45) is 5.54. The minimum atomic E-state index is -0.0938. The van der Waals surface area contributed by atoms with Crippen LogP contribution < -0.4 is 0 Å². The Bertz CT molecular complexity index is 168. The van der Waals surface area contributed by atoms with E-state index in [1.54, 1.807) is 0 Å². The summed E-state index contributed by atoms with van der Waals surface area (Å²) in [6, 6.07) is 0. The lowest BCUT2D eigenvalue weighted by Crippen LogP contribution is -2.27. The molecule has 0 heterocycles. The van der Waals surface area contributed by atoms with Gasteiger partial charge in [-0.15, -0.1) is 0 Å². The SMILES string of the molecule is CC(C)=CC1CCC(C)CC1O. The summed E-state index contributed by atoms with van der Waals surface area (Å²) in [6.45, 7) is 6.43. The summed E-state index contributed by atoms with van der Waals surface area (Å²) >= 11 is 0. The van der Waals surface area contributed by atoms with E-state index in [9.17, 15) is 5.11 Å². The van der Waals surface area contributed by atoms with Crippen LogP contribution in [0.15, 0.2) is 11.6 Å². The van der Waals surface area contributed by atoms with Gasteiger partial charge in [-0.05, 0) is 39.0 Å². The maximum atomic E-state index is 9.74. The van der Waals surface area contributed by atoms with Crippen molar-refractivity contribution in [2.24, 2.45) is 11.8 Å². The van der Waals surface area contributed by atoms with Gasteiger partial charge in [0.15, 0.2) is 0 Å². The molecule has 0 amide bonds. The lowest BCUT2D eigenvalue weighted by Gasteiger charge is -2.29. The zero-order valence-corrected chi connectivity index (χ0v) is 8.38. The highest BCUT2D eigenvalue weighted by molar-refractivity contribution is 5.01. The average Bonchev–Trinajstić information content (AvgIpc) is 1.94. The van der Waals surface area contributed by atoms with E-state index < -0.39 is 0 Å². The molecule has 1 N–H and O–H groups in total. The Balaban J connectivity index is 2.51. The second-order valence-corrected chi connectivity index (χ2v) is 4.39. The summed E-state index contributed by atoms with van der Waals surface area (Å²) in [5.74, 6) is 1.13. The van der Waals surface area contributed by atoms with E-state index in [1.165, 1.54) is 12.0 Å². The van der Waals surface area contributed by atoms with Crippen molar-refractivity contribution >= 4 is 0 Å². The van der Waals surface area contributed by atoms with Crippen LogP contribution in [-0.4, -0.2) is 11.2 Å². The van der Waals surface area contributed by atoms with Gasteiger partial charge in [-0.3, -0.25) is 0 Å². The summed E-state index contributed by atoms with van der Waals surface area (Å²) in [5.41, 5.74) is 1.33. The standard InChI is InChI=1S/C11H20O/c1-8(2)6-10-5-4-9(3)7-11(10)12/h6,9-12H,4-5,7H2,1-3H3. The number of rotatable bonds is 1. The Morgan fingerprint density at radius 1 is 1.33 bits per heavy atom. The maximum absolute atomic E-state index is 9.74. The van der Waals surface area contributed by atoms with Crippen LogP contribution in [0.2, 0.25) is 0 Å². The first-order chi connectivity index (χ1) is 5.59. The fourth-order valence-corrected chi connectivity index (χ4v) is 2.00. The van der Waals surface area contributed by atoms with Gasteiger partial charge in [0.05, 0.1) is 6.10 Å². The molecule has 1 nitrogen and oxygen atoms in total. The largest absolute Gasteiger partial charge is 0.393 e. The lowest BCUT2D eigenvalue weighted by atomic mass is 9.80. The second kappa shape index (κ2) is 4.08. The van der Waals surface area contributed by atoms with Crippen molar-refractivity contribution in [1.82, 2.24) is 0 Å². The molecule has 0 spiro atoms. The molecule has 1 aliphatic carbocycles. The molecule has 3 atom stereocenters. The highest BCUT2D eigenvalue weighted by atomic mass is 16.3. The van der Waals surface area contributed by atoms with Gasteiger partial charge >= 0.3 is 0 Å². The van der Waals surface area contributed by atoms with Crippen LogP contribution in [0.5, 0.6) is 0 Å². The number of hydrogen-bond acceptors (Lipinski definition) is 1. The Morgan fingerprint density at radius 3 is 2.50 bits per heavy atom. The zero-order valence-electron chi connectivity index (χ0n) is 8.38. The molecule has 1 heteroatoms. The normalized spacial score (nSPS) is 36.2. The first-order valence-electron chi connectivity index (χ1n) is 4.92. The van der Waals surface area contributed by atoms with Crippen LogP contribution in [0.3, 0.4) is 0 Å². The minimum absolute atomic E-state index is 0.0938. The third-order valence-electron chi connectivity index (χ3n) is 2.68. The van der Waals surface area contributed by atoms with Gasteiger partial charge in [0.2, 0.25) is 0 Å². The second-order valence-electron chi connectivity index (χ2n) is 4.39. The first kappa shape index (κ1) is 9.79. The quantitative estimate of drug-likeness (QED) is 0.597. The van der Waals surface area contributed by atoms with E-state index in [4.69, 9.17) is 0 Å². The number of allylic oxidation sites excluding steroid dienone is 1. The van der Waals surface area contributed by atoms with Crippen LogP contribution in [0.1, 0.15) is 40.0 Å². The molecule has 0 radical (unpaired) electrons. The van der Waals surface area contributed by atoms with Gasteiger partial charge in [0.1, 0.15) is 0 Å². The van der Waals surface area contributed by atoms with Gasteiger partial charge in [-0.1, -0.05) is 18.6 Å². The molecule has 0 aromatic rings. The van der Waals surface area contributed by atoms with Gasteiger partial charge < -0.3 is 5.11 Å². The molecule has 1 fully saturated rings. The molecule has 1 saturated carbocycles. The van der Waals surface area contributed by atoms with E-state index in [0.717, 1.165) is 12.8 Å². The van der Waals surface area contributed by atoms with E-state index in [-0.39, 0.29) is 6.10 Å². The van der Waals surface area contributed by atoms with Gasteiger partial charge in [-0.25, -0.2) is 0 Å². The number of hydrogen-bond donors (Lipinski definition) is 1. The molecule has 0 aliphatic heterocycles. The van der Waals surface area contributed by atoms with E-state index in [1.807, 2.05) is 0 Å². The smallest absolute Gasteiger partial charge is 0.0605 e. The van der Waals surface area contributed by atoms with Crippen LogP contribution in [0.25, 0.3) is 0 Å². The van der Waals surface area contributed by atoms with Crippen molar-refractivity contribution in [1.29, 1.82) is 0 Å². The van der Waals surface area contributed by atoms with Crippen molar-refractivity contribution in [3.05, 3.63) is 11.6 Å². The van der Waals surface area contributed by atoms with E-state index in [2.05, 4.69) is 26.8 Å². The number of aliphatic hydroxyl groups is 1. The third-order valence-corrected chi connectivity index (χ3v) is 2.68. The molecular weight excluding hydrogens is 148 g/mol. The first-order valence-corrected chi connectivity index (χ1v) is 4.92. The van der Waals surface area contributed by atoms with Crippen molar-refractivity contribution in [3.8, 4) is 0 Å². The predicted octanol–water partition coefficient (Wildman–Crippen LogP) is 2.75.